The molecule has 0 radical (unpaired) electrons. The maximum atomic E-state index is 5.26. The van der Waals surface area contributed by atoms with Crippen molar-refractivity contribution in [2.75, 3.05) is 0 Å². The number of hydrogen-bond donors (Lipinski definition) is 0. The highest BCUT2D eigenvalue weighted by molar-refractivity contribution is 5.95. The number of aromatic nitrogens is 3. The van der Waals surface area contributed by atoms with E-state index < -0.39 is 0 Å². The van der Waals surface area contributed by atoms with Crippen LogP contribution in [0, 0.1) is 0 Å². The van der Waals surface area contributed by atoms with Crippen molar-refractivity contribution in [3.05, 3.63) is 181 Å². The summed E-state index contributed by atoms with van der Waals surface area (Å²) < 4.78 is 0. The van der Waals surface area contributed by atoms with Gasteiger partial charge in [0, 0.05) is 23.9 Å². The molecule has 8 rings (SSSR count). The van der Waals surface area contributed by atoms with E-state index in [9.17, 15) is 0 Å². The molecule has 2 heterocycles. The average molecular weight is 592 g/mol. The quantitative estimate of drug-likeness (QED) is 0.193. The molecule has 3 heteroatoms. The minimum absolute atomic E-state index is 0.143. The molecule has 220 valence electrons. The van der Waals surface area contributed by atoms with Gasteiger partial charge in [-0.05, 0) is 87.2 Å². The summed E-state index contributed by atoms with van der Waals surface area (Å²) in [6.45, 7) is 0. The molecular formula is C43H33N3. The summed E-state index contributed by atoms with van der Waals surface area (Å²) in [6.07, 6.45) is 17.6. The summed E-state index contributed by atoms with van der Waals surface area (Å²) in [7, 11) is 0. The van der Waals surface area contributed by atoms with E-state index >= 15 is 0 Å². The van der Waals surface area contributed by atoms with E-state index in [-0.39, 0.29) is 5.92 Å². The van der Waals surface area contributed by atoms with Crippen molar-refractivity contribution < 1.29 is 0 Å². The molecule has 2 aliphatic rings. The number of nitrogens with zero attached hydrogens (tertiary/aromatic N) is 3. The van der Waals surface area contributed by atoms with Gasteiger partial charge in [-0.1, -0.05) is 127 Å². The molecular weight excluding hydrogens is 558 g/mol. The lowest BCUT2D eigenvalue weighted by Crippen LogP contribution is -2.08. The SMILES string of the molecule is C1=CC(c2cc(-c3cccc(-c4ccccc4)c3)nc(C3=CC=C(c4cccc5ccccc45)CC3)n2)CC(c2cccnc2)=C1. The third-order valence-electron chi connectivity index (χ3n) is 9.08. The maximum Gasteiger partial charge on any atom is 0.156 e. The Morgan fingerprint density at radius 1 is 0.565 bits per heavy atom. The van der Waals surface area contributed by atoms with Gasteiger partial charge in [0.15, 0.2) is 5.82 Å². The van der Waals surface area contributed by atoms with Crippen molar-refractivity contribution in [3.63, 3.8) is 0 Å². The van der Waals surface area contributed by atoms with E-state index in [1.807, 2.05) is 18.5 Å². The lowest BCUT2D eigenvalue weighted by atomic mass is 9.87. The first-order valence-corrected chi connectivity index (χ1v) is 16.0. The molecule has 1 unspecified atom stereocenters. The number of rotatable bonds is 6. The Hall–Kier alpha value is -5.67. The molecule has 3 nitrogen and oxygen atoms in total. The van der Waals surface area contributed by atoms with E-state index in [1.165, 1.54) is 44.2 Å². The van der Waals surface area contributed by atoms with Gasteiger partial charge < -0.3 is 0 Å². The van der Waals surface area contributed by atoms with Gasteiger partial charge in [0.05, 0.1) is 11.4 Å². The summed E-state index contributed by atoms with van der Waals surface area (Å²) in [6, 6.07) is 40.8. The zero-order chi connectivity index (χ0) is 30.7. The Balaban J connectivity index is 1.19. The van der Waals surface area contributed by atoms with Crippen LogP contribution in [0.15, 0.2) is 158 Å². The first-order valence-electron chi connectivity index (χ1n) is 16.0. The van der Waals surface area contributed by atoms with Crippen molar-refractivity contribution in [2.45, 2.75) is 25.2 Å². The zero-order valence-electron chi connectivity index (χ0n) is 25.6. The van der Waals surface area contributed by atoms with Crippen LogP contribution in [0.4, 0.5) is 0 Å². The normalized spacial score (nSPS) is 16.1. The second-order valence-corrected chi connectivity index (χ2v) is 12.0. The predicted octanol–water partition coefficient (Wildman–Crippen LogP) is 10.7. The lowest BCUT2D eigenvalue weighted by Gasteiger charge is -2.21. The fourth-order valence-corrected chi connectivity index (χ4v) is 6.64. The largest absolute Gasteiger partial charge is 0.264 e. The highest BCUT2D eigenvalue weighted by atomic mass is 14.9. The highest BCUT2D eigenvalue weighted by Gasteiger charge is 2.21. The fraction of sp³-hybridized carbons (Fsp3) is 0.0930. The lowest BCUT2D eigenvalue weighted by molar-refractivity contribution is 0.812. The summed E-state index contributed by atoms with van der Waals surface area (Å²) in [5.41, 5.74) is 11.7. The third kappa shape index (κ3) is 5.64. The molecule has 0 amide bonds. The highest BCUT2D eigenvalue weighted by Crippen LogP contribution is 2.38. The molecule has 0 N–H and O–H groups in total. The monoisotopic (exact) mass is 591 g/mol. The Morgan fingerprint density at radius 2 is 1.33 bits per heavy atom. The van der Waals surface area contributed by atoms with Gasteiger partial charge in [-0.15, -0.1) is 0 Å². The second-order valence-electron chi connectivity index (χ2n) is 12.0. The summed E-state index contributed by atoms with van der Waals surface area (Å²) in [5, 5.41) is 2.57. The molecule has 2 aromatic heterocycles. The van der Waals surface area contributed by atoms with Crippen LogP contribution in [0.1, 0.15) is 47.8 Å². The summed E-state index contributed by atoms with van der Waals surface area (Å²) >= 11 is 0. The van der Waals surface area contributed by atoms with E-state index in [1.54, 1.807) is 0 Å². The molecule has 2 aliphatic carbocycles. The van der Waals surface area contributed by atoms with Crippen LogP contribution in [0.25, 0.3) is 49.9 Å². The predicted molar refractivity (Wildman–Crippen MR) is 191 cm³/mol. The van der Waals surface area contributed by atoms with E-state index in [4.69, 9.17) is 9.97 Å². The van der Waals surface area contributed by atoms with Crippen LogP contribution >= 0.6 is 0 Å². The number of allylic oxidation sites excluding steroid dienone is 8. The van der Waals surface area contributed by atoms with E-state index in [0.717, 1.165) is 47.6 Å². The second kappa shape index (κ2) is 12.4. The number of fused-ring (bicyclic) bond motifs is 1. The smallest absolute Gasteiger partial charge is 0.156 e. The summed E-state index contributed by atoms with van der Waals surface area (Å²) in [5.74, 6) is 0.959. The minimum Gasteiger partial charge on any atom is -0.264 e. The van der Waals surface area contributed by atoms with Crippen molar-refractivity contribution in [1.29, 1.82) is 0 Å². The topological polar surface area (TPSA) is 38.7 Å². The van der Waals surface area contributed by atoms with Gasteiger partial charge in [-0.2, -0.15) is 0 Å². The standard InChI is InChI=1S/C43H33N3/c1-2-10-30(11-3-1)34-14-6-16-36(26-34)41-28-42(37-17-7-15-35(27-37)38-18-9-25-44-29-38)46-43(45-41)33-23-21-32(22-24-33)40-20-8-13-31-12-4-5-19-39(31)40/h1-21,23,25-26,28-29,37H,22,24,27H2. The molecule has 4 aromatic carbocycles. The zero-order valence-corrected chi connectivity index (χ0v) is 25.6. The Kier molecular flexibility index (Phi) is 7.49. The molecule has 0 fully saturated rings. The van der Waals surface area contributed by atoms with Gasteiger partial charge in [0.1, 0.15) is 0 Å². The van der Waals surface area contributed by atoms with Crippen LogP contribution in [0.3, 0.4) is 0 Å². The fourth-order valence-electron chi connectivity index (χ4n) is 6.64. The van der Waals surface area contributed by atoms with Crippen molar-refractivity contribution >= 4 is 27.5 Å². The van der Waals surface area contributed by atoms with Gasteiger partial charge in [0.2, 0.25) is 0 Å². The van der Waals surface area contributed by atoms with Crippen LogP contribution in [-0.4, -0.2) is 15.0 Å². The molecule has 0 saturated carbocycles. The van der Waals surface area contributed by atoms with E-state index in [0.29, 0.717) is 0 Å². The van der Waals surface area contributed by atoms with Gasteiger partial charge in [0.25, 0.3) is 0 Å². The van der Waals surface area contributed by atoms with Gasteiger partial charge in [-0.3, -0.25) is 4.98 Å². The molecule has 0 aliphatic heterocycles. The van der Waals surface area contributed by atoms with E-state index in [2.05, 4.69) is 145 Å². The third-order valence-corrected chi connectivity index (χ3v) is 9.08. The minimum atomic E-state index is 0.143. The molecule has 1 atom stereocenters. The first-order chi connectivity index (χ1) is 22.8. The molecule has 6 aromatic rings. The number of pyridine rings is 1. The number of benzene rings is 4. The van der Waals surface area contributed by atoms with Gasteiger partial charge in [-0.25, -0.2) is 9.97 Å². The van der Waals surface area contributed by atoms with Crippen LogP contribution in [0.5, 0.6) is 0 Å². The Morgan fingerprint density at radius 3 is 2.20 bits per heavy atom. The Bertz CT molecular complexity index is 2170. The van der Waals surface area contributed by atoms with Crippen molar-refractivity contribution in [2.24, 2.45) is 0 Å². The average Bonchev–Trinajstić information content (AvgIpc) is 3.15. The molecule has 46 heavy (non-hydrogen) atoms. The Labute approximate surface area is 270 Å². The molecule has 0 bridgehead atoms. The van der Waals surface area contributed by atoms with Crippen LogP contribution in [0.2, 0.25) is 0 Å². The van der Waals surface area contributed by atoms with Crippen molar-refractivity contribution in [3.8, 4) is 22.4 Å². The summed E-state index contributed by atoms with van der Waals surface area (Å²) in [4.78, 5) is 14.8. The maximum absolute atomic E-state index is 5.26. The molecule has 0 saturated heterocycles. The van der Waals surface area contributed by atoms with Crippen LogP contribution < -0.4 is 0 Å². The first kappa shape index (κ1) is 27.8. The van der Waals surface area contributed by atoms with Crippen LogP contribution in [-0.2, 0) is 0 Å². The van der Waals surface area contributed by atoms with Crippen molar-refractivity contribution in [1.82, 2.24) is 15.0 Å². The van der Waals surface area contributed by atoms with Gasteiger partial charge >= 0.3 is 0 Å². The number of hydrogen-bond acceptors (Lipinski definition) is 3. The molecule has 0 spiro atoms.